The van der Waals surface area contributed by atoms with Gasteiger partial charge in [0.25, 0.3) is 6.43 Å². The van der Waals surface area contributed by atoms with Crippen molar-refractivity contribution < 1.29 is 13.5 Å². The summed E-state index contributed by atoms with van der Waals surface area (Å²) in [6.07, 6.45) is 0.911. The molecule has 0 saturated carbocycles. The van der Waals surface area contributed by atoms with Crippen LogP contribution in [0.2, 0.25) is 0 Å². The number of halogens is 2. The van der Waals surface area contributed by atoms with Crippen molar-refractivity contribution in [3.63, 3.8) is 0 Å². The Labute approximate surface area is 114 Å². The first-order valence-electron chi connectivity index (χ1n) is 6.09. The van der Waals surface area contributed by atoms with Crippen LogP contribution in [0.5, 0.6) is 5.75 Å². The molecule has 0 aliphatic rings. The Morgan fingerprint density at radius 2 is 2.05 bits per heavy atom. The van der Waals surface area contributed by atoms with Crippen molar-refractivity contribution in [1.29, 1.82) is 0 Å². The Kier molecular flexibility index (Phi) is 3.10. The van der Waals surface area contributed by atoms with Crippen LogP contribution in [0.25, 0.3) is 16.6 Å². The molecule has 2 heterocycles. The lowest BCUT2D eigenvalue weighted by Gasteiger charge is -2.13. The van der Waals surface area contributed by atoms with Gasteiger partial charge in [0.2, 0.25) is 0 Å². The number of alkyl halides is 2. The Hall–Kier alpha value is -2.43. The third-order valence-corrected chi connectivity index (χ3v) is 3.20. The molecule has 3 aromatic rings. The summed E-state index contributed by atoms with van der Waals surface area (Å²) in [5.41, 5.74) is 2.26. The van der Waals surface area contributed by atoms with Gasteiger partial charge in [-0.2, -0.15) is 5.10 Å². The molecule has 0 unspecified atom stereocenters. The molecule has 2 aromatic heterocycles. The molecule has 1 aromatic carbocycles. The Morgan fingerprint density at radius 3 is 2.80 bits per heavy atom. The molecule has 0 amide bonds. The van der Waals surface area contributed by atoms with E-state index < -0.39 is 6.43 Å². The third kappa shape index (κ3) is 2.01. The van der Waals surface area contributed by atoms with Crippen molar-refractivity contribution in [3.8, 4) is 16.9 Å². The molecule has 0 N–H and O–H groups in total. The van der Waals surface area contributed by atoms with Crippen LogP contribution < -0.4 is 4.74 Å². The number of fused-ring (bicyclic) bond motifs is 1. The first kappa shape index (κ1) is 12.6. The fourth-order valence-corrected chi connectivity index (χ4v) is 2.27. The zero-order valence-corrected chi connectivity index (χ0v) is 10.8. The Bertz CT molecular complexity index is 752. The van der Waals surface area contributed by atoms with E-state index in [1.807, 2.05) is 18.2 Å². The van der Waals surface area contributed by atoms with Gasteiger partial charge in [-0.05, 0) is 29.8 Å². The van der Waals surface area contributed by atoms with Gasteiger partial charge >= 0.3 is 0 Å². The molecule has 0 spiro atoms. The second kappa shape index (κ2) is 4.92. The van der Waals surface area contributed by atoms with Gasteiger partial charge < -0.3 is 4.74 Å². The van der Waals surface area contributed by atoms with Crippen LogP contribution in [0, 0.1) is 0 Å². The molecule has 0 aliphatic carbocycles. The van der Waals surface area contributed by atoms with E-state index in [1.165, 1.54) is 13.2 Å². The van der Waals surface area contributed by atoms with Gasteiger partial charge in [-0.1, -0.05) is 12.1 Å². The lowest BCUT2D eigenvalue weighted by Crippen LogP contribution is -1.96. The second-order valence-corrected chi connectivity index (χ2v) is 4.34. The largest absolute Gasteiger partial charge is 0.496 e. The average molecular weight is 274 g/mol. The number of methoxy groups -OCH3 is 1. The number of benzene rings is 1. The molecular weight excluding hydrogens is 262 g/mol. The van der Waals surface area contributed by atoms with Gasteiger partial charge in [-0.25, -0.2) is 13.3 Å². The Balaban J connectivity index is 2.19. The van der Waals surface area contributed by atoms with E-state index in [2.05, 4.69) is 5.10 Å². The topological polar surface area (TPSA) is 26.5 Å². The zero-order valence-electron chi connectivity index (χ0n) is 10.8. The lowest BCUT2D eigenvalue weighted by atomic mass is 10.0. The molecule has 0 radical (unpaired) electrons. The fraction of sp³-hybridized carbons (Fsp3) is 0.133. The lowest BCUT2D eigenvalue weighted by molar-refractivity contribution is 0.147. The highest BCUT2D eigenvalue weighted by Crippen LogP contribution is 2.37. The third-order valence-electron chi connectivity index (χ3n) is 3.20. The number of aromatic nitrogens is 2. The molecule has 20 heavy (non-hydrogen) atoms. The van der Waals surface area contributed by atoms with Crippen molar-refractivity contribution in [2.24, 2.45) is 0 Å². The smallest absolute Gasteiger partial charge is 0.267 e. The minimum atomic E-state index is -2.57. The summed E-state index contributed by atoms with van der Waals surface area (Å²) in [7, 11) is 1.40. The SMILES string of the molecule is COc1c(-c2ccn3nccc3c2)cccc1C(F)F. The second-order valence-electron chi connectivity index (χ2n) is 4.34. The highest BCUT2D eigenvalue weighted by molar-refractivity contribution is 5.75. The summed E-state index contributed by atoms with van der Waals surface area (Å²) in [4.78, 5) is 0. The minimum Gasteiger partial charge on any atom is -0.496 e. The van der Waals surface area contributed by atoms with E-state index in [9.17, 15) is 8.78 Å². The van der Waals surface area contributed by atoms with Crippen LogP contribution >= 0.6 is 0 Å². The normalized spacial score (nSPS) is 11.2. The molecule has 3 rings (SSSR count). The summed E-state index contributed by atoms with van der Waals surface area (Å²) in [6.45, 7) is 0. The fourth-order valence-electron chi connectivity index (χ4n) is 2.27. The van der Waals surface area contributed by atoms with E-state index in [-0.39, 0.29) is 11.3 Å². The quantitative estimate of drug-likeness (QED) is 0.723. The predicted molar refractivity (Wildman–Crippen MR) is 72.1 cm³/mol. The van der Waals surface area contributed by atoms with Crippen LogP contribution in [-0.2, 0) is 0 Å². The standard InChI is InChI=1S/C15H12F2N2O/c1-20-14-12(3-2-4-13(14)15(16)17)10-6-8-19-11(9-10)5-7-18-19/h2-9,15H,1H3. The maximum atomic E-state index is 13.0. The summed E-state index contributed by atoms with van der Waals surface area (Å²) in [6, 6.07) is 10.3. The summed E-state index contributed by atoms with van der Waals surface area (Å²) >= 11 is 0. The monoisotopic (exact) mass is 274 g/mol. The maximum absolute atomic E-state index is 13.0. The van der Waals surface area contributed by atoms with Gasteiger partial charge in [0, 0.05) is 18.0 Å². The van der Waals surface area contributed by atoms with Crippen LogP contribution in [0.3, 0.4) is 0 Å². The number of nitrogens with zero attached hydrogens (tertiary/aromatic N) is 2. The first-order chi connectivity index (χ1) is 9.70. The van der Waals surface area contributed by atoms with Crippen molar-refractivity contribution in [2.45, 2.75) is 6.43 Å². The maximum Gasteiger partial charge on any atom is 0.267 e. The Morgan fingerprint density at radius 1 is 1.20 bits per heavy atom. The molecule has 102 valence electrons. The number of hydrogen-bond donors (Lipinski definition) is 0. The highest BCUT2D eigenvalue weighted by atomic mass is 19.3. The number of rotatable bonds is 3. The van der Waals surface area contributed by atoms with Crippen molar-refractivity contribution in [1.82, 2.24) is 9.61 Å². The molecule has 0 bridgehead atoms. The predicted octanol–water partition coefficient (Wildman–Crippen LogP) is 3.95. The van der Waals surface area contributed by atoms with Crippen LogP contribution in [-0.4, -0.2) is 16.7 Å². The summed E-state index contributed by atoms with van der Waals surface area (Å²) in [5.74, 6) is 0.214. The van der Waals surface area contributed by atoms with E-state index in [1.54, 1.807) is 29.0 Å². The van der Waals surface area contributed by atoms with E-state index >= 15 is 0 Å². The van der Waals surface area contributed by atoms with Crippen LogP contribution in [0.4, 0.5) is 8.78 Å². The van der Waals surface area contributed by atoms with Crippen molar-refractivity contribution >= 4 is 5.52 Å². The van der Waals surface area contributed by atoms with E-state index in [0.29, 0.717) is 5.56 Å². The number of ether oxygens (including phenoxy) is 1. The van der Waals surface area contributed by atoms with Gasteiger partial charge in [-0.3, -0.25) is 0 Å². The van der Waals surface area contributed by atoms with Crippen LogP contribution in [0.15, 0.2) is 48.8 Å². The minimum absolute atomic E-state index is 0.0987. The average Bonchev–Trinajstić information content (AvgIpc) is 2.93. The zero-order chi connectivity index (χ0) is 14.1. The van der Waals surface area contributed by atoms with Gasteiger partial charge in [-0.15, -0.1) is 0 Å². The van der Waals surface area contributed by atoms with Crippen LogP contribution in [0.1, 0.15) is 12.0 Å². The van der Waals surface area contributed by atoms with Crippen molar-refractivity contribution in [3.05, 3.63) is 54.4 Å². The van der Waals surface area contributed by atoms with Gasteiger partial charge in [0.05, 0.1) is 18.2 Å². The molecule has 5 heteroatoms. The molecule has 0 saturated heterocycles. The summed E-state index contributed by atoms with van der Waals surface area (Å²) in [5, 5.41) is 4.11. The summed E-state index contributed by atoms with van der Waals surface area (Å²) < 4.78 is 32.9. The molecule has 0 aliphatic heterocycles. The number of hydrogen-bond acceptors (Lipinski definition) is 2. The molecular formula is C15H12F2N2O. The van der Waals surface area contributed by atoms with E-state index in [4.69, 9.17) is 4.74 Å². The van der Waals surface area contributed by atoms with E-state index in [0.717, 1.165) is 11.1 Å². The highest BCUT2D eigenvalue weighted by Gasteiger charge is 2.17. The molecule has 3 nitrogen and oxygen atoms in total. The number of para-hydroxylation sites is 1. The van der Waals surface area contributed by atoms with Crippen molar-refractivity contribution in [2.75, 3.05) is 7.11 Å². The molecule has 0 atom stereocenters. The molecule has 0 fully saturated rings. The van der Waals surface area contributed by atoms with Gasteiger partial charge in [0.15, 0.2) is 0 Å². The number of pyridine rings is 1. The van der Waals surface area contributed by atoms with Gasteiger partial charge in [0.1, 0.15) is 5.75 Å². The first-order valence-corrected chi connectivity index (χ1v) is 6.09.